The first-order valence-electron chi connectivity index (χ1n) is 5.20. The Labute approximate surface area is 94.2 Å². The summed E-state index contributed by atoms with van der Waals surface area (Å²) in [7, 11) is 0. The molecule has 0 aliphatic rings. The number of carbonyl (C=O) groups is 1. The van der Waals surface area contributed by atoms with Crippen molar-refractivity contribution in [2.24, 2.45) is 0 Å². The Kier molecular flexibility index (Phi) is 4.28. The first kappa shape index (κ1) is 12.5. The molecule has 0 bridgehead atoms. The predicted octanol–water partition coefficient (Wildman–Crippen LogP) is 2.71. The average Bonchev–Trinajstić information content (AvgIpc) is 2.25. The summed E-state index contributed by atoms with van der Waals surface area (Å²) in [6.45, 7) is 5.67. The van der Waals surface area contributed by atoms with Gasteiger partial charge in [-0.05, 0) is 32.9 Å². The molecule has 1 aromatic carbocycles. The molecule has 0 aliphatic carbocycles. The van der Waals surface area contributed by atoms with Crippen molar-refractivity contribution in [2.75, 3.05) is 13.2 Å². The van der Waals surface area contributed by atoms with E-state index in [2.05, 4.69) is 0 Å². The highest BCUT2D eigenvalue weighted by Crippen LogP contribution is 2.23. The summed E-state index contributed by atoms with van der Waals surface area (Å²) < 4.78 is 23.6. The molecule has 0 N–H and O–H groups in total. The summed E-state index contributed by atoms with van der Waals surface area (Å²) in [5.74, 6) is -0.859. The maximum absolute atomic E-state index is 13.7. The molecule has 0 saturated heterocycles. The van der Waals surface area contributed by atoms with Crippen molar-refractivity contribution in [1.29, 1.82) is 0 Å². The fraction of sp³-hybridized carbons (Fsp3) is 0.417. The largest absolute Gasteiger partial charge is 0.491 e. The molecular formula is C12H15FO3. The molecule has 3 nitrogen and oxygen atoms in total. The zero-order chi connectivity index (χ0) is 12.1. The van der Waals surface area contributed by atoms with Gasteiger partial charge in [0.15, 0.2) is 11.6 Å². The molecule has 1 rings (SSSR count). The predicted molar refractivity (Wildman–Crippen MR) is 58.3 cm³/mol. The Bertz CT molecular complexity index is 388. The van der Waals surface area contributed by atoms with E-state index in [1.807, 2.05) is 0 Å². The fourth-order valence-electron chi connectivity index (χ4n) is 1.36. The lowest BCUT2D eigenvalue weighted by Gasteiger charge is -2.10. The van der Waals surface area contributed by atoms with Gasteiger partial charge in [-0.1, -0.05) is 0 Å². The van der Waals surface area contributed by atoms with Crippen LogP contribution in [0, 0.1) is 12.7 Å². The van der Waals surface area contributed by atoms with Gasteiger partial charge in [0.25, 0.3) is 0 Å². The van der Waals surface area contributed by atoms with Crippen LogP contribution in [0.2, 0.25) is 0 Å². The van der Waals surface area contributed by atoms with Crippen LogP contribution in [0.3, 0.4) is 0 Å². The number of rotatable bonds is 4. The summed E-state index contributed by atoms with van der Waals surface area (Å²) >= 11 is 0. The minimum Gasteiger partial charge on any atom is -0.491 e. The highest BCUT2D eigenvalue weighted by atomic mass is 19.1. The van der Waals surface area contributed by atoms with Crippen LogP contribution in [0.4, 0.5) is 4.39 Å². The second-order valence-electron chi connectivity index (χ2n) is 3.20. The molecule has 0 unspecified atom stereocenters. The minimum atomic E-state index is -0.512. The van der Waals surface area contributed by atoms with Gasteiger partial charge in [-0.2, -0.15) is 0 Å². The maximum atomic E-state index is 13.7. The zero-order valence-corrected chi connectivity index (χ0v) is 9.67. The molecule has 0 spiro atoms. The first-order chi connectivity index (χ1) is 7.61. The molecule has 0 aromatic heterocycles. The van der Waals surface area contributed by atoms with Gasteiger partial charge in [-0.15, -0.1) is 0 Å². The molecule has 0 heterocycles. The lowest BCUT2D eigenvalue weighted by Crippen LogP contribution is -2.08. The van der Waals surface area contributed by atoms with Gasteiger partial charge >= 0.3 is 5.97 Å². The normalized spacial score (nSPS) is 10.0. The van der Waals surface area contributed by atoms with E-state index in [1.54, 1.807) is 13.8 Å². The quantitative estimate of drug-likeness (QED) is 0.740. The summed E-state index contributed by atoms with van der Waals surface area (Å²) in [5.41, 5.74) is 0.493. The number of hydrogen-bond donors (Lipinski definition) is 0. The Balaban J connectivity index is 3.06. The van der Waals surface area contributed by atoms with Crippen molar-refractivity contribution < 1.29 is 18.7 Å². The van der Waals surface area contributed by atoms with Gasteiger partial charge in [0.05, 0.1) is 18.8 Å². The van der Waals surface area contributed by atoms with E-state index in [0.717, 1.165) is 0 Å². The third-order valence-electron chi connectivity index (χ3n) is 2.15. The second kappa shape index (κ2) is 5.49. The van der Waals surface area contributed by atoms with E-state index in [0.29, 0.717) is 6.61 Å². The van der Waals surface area contributed by atoms with Crippen LogP contribution in [-0.2, 0) is 4.74 Å². The molecule has 0 saturated carbocycles. The van der Waals surface area contributed by atoms with Gasteiger partial charge in [0.1, 0.15) is 0 Å². The first-order valence-corrected chi connectivity index (χ1v) is 5.20. The third kappa shape index (κ3) is 2.51. The second-order valence-corrected chi connectivity index (χ2v) is 3.20. The van der Waals surface area contributed by atoms with Crippen LogP contribution in [0.25, 0.3) is 0 Å². The smallest absolute Gasteiger partial charge is 0.338 e. The number of halogens is 1. The molecule has 1 aromatic rings. The van der Waals surface area contributed by atoms with E-state index >= 15 is 0 Å². The molecule has 0 aliphatic heterocycles. The third-order valence-corrected chi connectivity index (χ3v) is 2.15. The number of hydrogen-bond acceptors (Lipinski definition) is 3. The van der Waals surface area contributed by atoms with Gasteiger partial charge < -0.3 is 9.47 Å². The number of carbonyl (C=O) groups excluding carboxylic acids is 1. The average molecular weight is 226 g/mol. The summed E-state index contributed by atoms with van der Waals surface area (Å²) in [4.78, 5) is 11.5. The van der Waals surface area contributed by atoms with Crippen LogP contribution in [0.15, 0.2) is 12.1 Å². The Morgan fingerprint density at radius 3 is 2.56 bits per heavy atom. The number of benzene rings is 1. The molecule has 0 fully saturated rings. The van der Waals surface area contributed by atoms with Crippen LogP contribution >= 0.6 is 0 Å². The van der Waals surface area contributed by atoms with Crippen LogP contribution in [-0.4, -0.2) is 19.2 Å². The lowest BCUT2D eigenvalue weighted by molar-refractivity contribution is 0.0525. The number of esters is 1. The van der Waals surface area contributed by atoms with Crippen molar-refractivity contribution >= 4 is 5.97 Å². The monoisotopic (exact) mass is 226 g/mol. The Morgan fingerprint density at radius 1 is 1.31 bits per heavy atom. The fourth-order valence-corrected chi connectivity index (χ4v) is 1.36. The van der Waals surface area contributed by atoms with Crippen molar-refractivity contribution in [2.45, 2.75) is 20.8 Å². The molecule has 16 heavy (non-hydrogen) atoms. The molecule has 88 valence electrons. The van der Waals surface area contributed by atoms with Crippen LogP contribution in [0.1, 0.15) is 29.8 Å². The summed E-state index contributed by atoms with van der Waals surface area (Å²) in [6, 6.07) is 2.96. The standard InChI is InChI=1S/C12H15FO3/c1-4-15-10-7-6-9(8(3)11(10)13)12(14)16-5-2/h6-7H,4-5H2,1-3H3. The van der Waals surface area contributed by atoms with E-state index in [4.69, 9.17) is 9.47 Å². The molecule has 0 radical (unpaired) electrons. The number of ether oxygens (including phenoxy) is 2. The topological polar surface area (TPSA) is 35.5 Å². The van der Waals surface area contributed by atoms with E-state index in [-0.39, 0.29) is 23.5 Å². The zero-order valence-electron chi connectivity index (χ0n) is 9.67. The molecule has 4 heteroatoms. The van der Waals surface area contributed by atoms with Crippen LogP contribution < -0.4 is 4.74 Å². The van der Waals surface area contributed by atoms with Gasteiger partial charge in [-0.25, -0.2) is 9.18 Å². The van der Waals surface area contributed by atoms with Gasteiger partial charge in [0, 0.05) is 5.56 Å². The molecule has 0 amide bonds. The van der Waals surface area contributed by atoms with Crippen molar-refractivity contribution in [3.05, 3.63) is 29.1 Å². The molecule has 0 atom stereocenters. The highest BCUT2D eigenvalue weighted by Gasteiger charge is 2.16. The van der Waals surface area contributed by atoms with Crippen LogP contribution in [0.5, 0.6) is 5.75 Å². The van der Waals surface area contributed by atoms with E-state index < -0.39 is 11.8 Å². The van der Waals surface area contributed by atoms with Crippen molar-refractivity contribution in [1.82, 2.24) is 0 Å². The lowest BCUT2D eigenvalue weighted by atomic mass is 10.1. The summed E-state index contributed by atoms with van der Waals surface area (Å²) in [6.07, 6.45) is 0. The Hall–Kier alpha value is -1.58. The summed E-state index contributed by atoms with van der Waals surface area (Å²) in [5, 5.41) is 0. The Morgan fingerprint density at radius 2 is 2.00 bits per heavy atom. The maximum Gasteiger partial charge on any atom is 0.338 e. The SMILES string of the molecule is CCOC(=O)c1ccc(OCC)c(F)c1C. The van der Waals surface area contributed by atoms with Crippen molar-refractivity contribution in [3.63, 3.8) is 0 Å². The minimum absolute atomic E-state index is 0.160. The highest BCUT2D eigenvalue weighted by molar-refractivity contribution is 5.91. The molecular weight excluding hydrogens is 211 g/mol. The van der Waals surface area contributed by atoms with E-state index in [1.165, 1.54) is 19.1 Å². The van der Waals surface area contributed by atoms with Gasteiger partial charge in [0.2, 0.25) is 0 Å². The van der Waals surface area contributed by atoms with Crippen molar-refractivity contribution in [3.8, 4) is 5.75 Å². The van der Waals surface area contributed by atoms with E-state index in [9.17, 15) is 9.18 Å². The van der Waals surface area contributed by atoms with Gasteiger partial charge in [-0.3, -0.25) is 0 Å².